The Labute approximate surface area is 102 Å². The molecule has 0 aromatic heterocycles. The van der Waals surface area contributed by atoms with Crippen LogP contribution in [0.3, 0.4) is 0 Å². The molecule has 0 saturated carbocycles. The highest BCUT2D eigenvalue weighted by Gasteiger charge is 2.37. The van der Waals surface area contributed by atoms with Crippen LogP contribution in [0.25, 0.3) is 0 Å². The predicted octanol–water partition coefficient (Wildman–Crippen LogP) is 1.78. The fourth-order valence-corrected chi connectivity index (χ4v) is 5.46. The first-order chi connectivity index (χ1) is 7.04. The molecule has 15 heavy (non-hydrogen) atoms. The Kier molecular flexibility index (Phi) is 5.35. The van der Waals surface area contributed by atoms with Gasteiger partial charge in [0.2, 0.25) is 5.91 Å². The predicted molar refractivity (Wildman–Crippen MR) is 69.2 cm³/mol. The standard InChI is InChI=1S/C9H15NO2S3/c1-7(11)10-3-4-13-8(12)9(2)5-14-15-6-9/h3-6H2,1-2H3,(H,10,11). The van der Waals surface area contributed by atoms with Gasteiger partial charge in [0, 0.05) is 30.7 Å². The molecule has 1 amide bonds. The lowest BCUT2D eigenvalue weighted by Crippen LogP contribution is -2.29. The molecule has 1 aliphatic heterocycles. The van der Waals surface area contributed by atoms with E-state index in [2.05, 4.69) is 5.32 Å². The zero-order valence-corrected chi connectivity index (χ0v) is 11.3. The van der Waals surface area contributed by atoms with Gasteiger partial charge in [-0.1, -0.05) is 40.3 Å². The summed E-state index contributed by atoms with van der Waals surface area (Å²) in [5.41, 5.74) is -0.170. The Morgan fingerprint density at radius 3 is 2.53 bits per heavy atom. The molecule has 0 spiro atoms. The van der Waals surface area contributed by atoms with Crippen LogP contribution < -0.4 is 5.32 Å². The number of carbonyl (C=O) groups is 2. The van der Waals surface area contributed by atoms with Gasteiger partial charge in [0.05, 0.1) is 5.41 Å². The van der Waals surface area contributed by atoms with Crippen LogP contribution in [0.1, 0.15) is 13.8 Å². The van der Waals surface area contributed by atoms with Gasteiger partial charge in [0.25, 0.3) is 0 Å². The van der Waals surface area contributed by atoms with E-state index in [0.29, 0.717) is 12.3 Å². The zero-order valence-electron chi connectivity index (χ0n) is 8.87. The molecule has 6 heteroatoms. The molecule has 0 bridgehead atoms. The van der Waals surface area contributed by atoms with Crippen molar-refractivity contribution in [3.05, 3.63) is 0 Å². The molecule has 86 valence electrons. The molecule has 0 atom stereocenters. The van der Waals surface area contributed by atoms with Crippen molar-refractivity contribution in [3.63, 3.8) is 0 Å². The summed E-state index contributed by atoms with van der Waals surface area (Å²) >= 11 is 1.33. The van der Waals surface area contributed by atoms with Crippen molar-refractivity contribution in [1.29, 1.82) is 0 Å². The molecule has 0 aromatic rings. The van der Waals surface area contributed by atoms with E-state index in [1.54, 1.807) is 21.6 Å². The van der Waals surface area contributed by atoms with Crippen molar-refractivity contribution in [1.82, 2.24) is 5.32 Å². The first-order valence-electron chi connectivity index (χ1n) is 4.71. The highest BCUT2D eigenvalue weighted by molar-refractivity contribution is 8.77. The fourth-order valence-electron chi connectivity index (χ4n) is 1.05. The third-order valence-corrected chi connectivity index (χ3v) is 6.09. The summed E-state index contributed by atoms with van der Waals surface area (Å²) in [6.45, 7) is 4.08. The summed E-state index contributed by atoms with van der Waals surface area (Å²) in [5.74, 6) is 2.44. The van der Waals surface area contributed by atoms with Gasteiger partial charge < -0.3 is 5.32 Å². The van der Waals surface area contributed by atoms with Crippen LogP contribution in [-0.2, 0) is 9.59 Å². The summed E-state index contributed by atoms with van der Waals surface area (Å²) in [6, 6.07) is 0. The number of carbonyl (C=O) groups excluding carboxylic acids is 2. The van der Waals surface area contributed by atoms with Gasteiger partial charge in [0.1, 0.15) is 0 Å². The molecule has 1 N–H and O–H groups in total. The largest absolute Gasteiger partial charge is 0.356 e. The Morgan fingerprint density at radius 1 is 1.40 bits per heavy atom. The average molecular weight is 265 g/mol. The van der Waals surface area contributed by atoms with Gasteiger partial charge >= 0.3 is 0 Å². The average Bonchev–Trinajstić information content (AvgIpc) is 2.60. The van der Waals surface area contributed by atoms with E-state index in [1.165, 1.54) is 18.7 Å². The Bertz CT molecular complexity index is 252. The summed E-state index contributed by atoms with van der Waals surface area (Å²) in [7, 11) is 3.53. The van der Waals surface area contributed by atoms with Crippen LogP contribution in [-0.4, -0.2) is 34.8 Å². The molecule has 1 heterocycles. The topological polar surface area (TPSA) is 46.2 Å². The van der Waals surface area contributed by atoms with Crippen molar-refractivity contribution >= 4 is 44.4 Å². The number of hydrogen-bond donors (Lipinski definition) is 1. The summed E-state index contributed by atoms with van der Waals surface area (Å²) < 4.78 is 0. The SMILES string of the molecule is CC(=O)NCCSC(=O)C1(C)CSSC1. The minimum Gasteiger partial charge on any atom is -0.356 e. The van der Waals surface area contributed by atoms with Crippen LogP contribution in [0.5, 0.6) is 0 Å². The molecule has 0 radical (unpaired) electrons. The molecular formula is C9H15NO2S3. The Balaban J connectivity index is 2.21. The first-order valence-corrected chi connectivity index (χ1v) is 8.18. The van der Waals surface area contributed by atoms with Crippen molar-refractivity contribution in [2.24, 2.45) is 5.41 Å². The normalized spacial score (nSPS) is 18.8. The number of thioether (sulfide) groups is 1. The number of amides is 1. The summed E-state index contributed by atoms with van der Waals surface area (Å²) in [4.78, 5) is 22.4. The van der Waals surface area contributed by atoms with Crippen LogP contribution in [0.15, 0.2) is 0 Å². The summed E-state index contributed by atoms with van der Waals surface area (Å²) in [5, 5.41) is 2.94. The minimum atomic E-state index is -0.170. The second kappa shape index (κ2) is 6.06. The van der Waals surface area contributed by atoms with Gasteiger partial charge in [0.15, 0.2) is 5.12 Å². The quantitative estimate of drug-likeness (QED) is 0.620. The number of rotatable bonds is 4. The van der Waals surface area contributed by atoms with Crippen molar-refractivity contribution in [2.45, 2.75) is 13.8 Å². The van der Waals surface area contributed by atoms with E-state index < -0.39 is 0 Å². The first kappa shape index (κ1) is 13.3. The maximum atomic E-state index is 11.8. The van der Waals surface area contributed by atoms with E-state index in [0.717, 1.165) is 11.5 Å². The van der Waals surface area contributed by atoms with Crippen molar-refractivity contribution in [3.8, 4) is 0 Å². The van der Waals surface area contributed by atoms with Gasteiger partial charge in [-0.05, 0) is 0 Å². The van der Waals surface area contributed by atoms with Gasteiger partial charge in [-0.15, -0.1) is 0 Å². The maximum Gasteiger partial charge on any atom is 0.216 e. The van der Waals surface area contributed by atoms with E-state index in [-0.39, 0.29) is 16.4 Å². The molecule has 3 nitrogen and oxygen atoms in total. The molecule has 1 rings (SSSR count). The minimum absolute atomic E-state index is 0.0405. The fraction of sp³-hybridized carbons (Fsp3) is 0.778. The van der Waals surface area contributed by atoms with Crippen LogP contribution in [0, 0.1) is 5.41 Å². The van der Waals surface area contributed by atoms with E-state index >= 15 is 0 Å². The highest BCUT2D eigenvalue weighted by atomic mass is 33.1. The third kappa shape index (κ3) is 4.28. The van der Waals surface area contributed by atoms with E-state index in [9.17, 15) is 9.59 Å². The maximum absolute atomic E-state index is 11.8. The number of hydrogen-bond acceptors (Lipinski definition) is 5. The van der Waals surface area contributed by atoms with Gasteiger partial charge in [-0.2, -0.15) is 0 Å². The molecule has 0 unspecified atom stereocenters. The van der Waals surface area contributed by atoms with Crippen LogP contribution in [0.2, 0.25) is 0 Å². The van der Waals surface area contributed by atoms with Crippen LogP contribution >= 0.6 is 33.3 Å². The Hall–Kier alpha value is 0.190. The Morgan fingerprint density at radius 2 is 2.00 bits per heavy atom. The molecule has 1 fully saturated rings. The lowest BCUT2D eigenvalue weighted by Gasteiger charge is -2.18. The molecule has 0 aromatic carbocycles. The second-order valence-corrected chi connectivity index (χ2v) is 7.23. The molecule has 0 aliphatic carbocycles. The lowest BCUT2D eigenvalue weighted by molar-refractivity contribution is -0.119. The lowest BCUT2D eigenvalue weighted by atomic mass is 9.98. The van der Waals surface area contributed by atoms with Crippen LogP contribution in [0.4, 0.5) is 0 Å². The molecule has 1 aliphatic rings. The molecular weight excluding hydrogens is 250 g/mol. The van der Waals surface area contributed by atoms with E-state index in [4.69, 9.17) is 0 Å². The zero-order chi connectivity index (χ0) is 11.3. The smallest absolute Gasteiger partial charge is 0.216 e. The molecule has 1 saturated heterocycles. The van der Waals surface area contributed by atoms with E-state index in [1.807, 2.05) is 6.92 Å². The highest BCUT2D eigenvalue weighted by Crippen LogP contribution is 2.45. The third-order valence-electron chi connectivity index (χ3n) is 2.04. The van der Waals surface area contributed by atoms with Gasteiger partial charge in [-0.25, -0.2) is 0 Å². The second-order valence-electron chi connectivity index (χ2n) is 3.70. The summed E-state index contributed by atoms with van der Waals surface area (Å²) in [6.07, 6.45) is 0. The monoisotopic (exact) mass is 265 g/mol. The van der Waals surface area contributed by atoms with Crippen molar-refractivity contribution < 1.29 is 9.59 Å². The van der Waals surface area contributed by atoms with Gasteiger partial charge in [-0.3, -0.25) is 9.59 Å². The van der Waals surface area contributed by atoms with Crippen molar-refractivity contribution in [2.75, 3.05) is 23.8 Å². The number of nitrogens with one attached hydrogen (secondary N) is 1.